The summed E-state index contributed by atoms with van der Waals surface area (Å²) in [4.78, 5) is 30.6. The number of halogens is 2. The number of aryl methyl sites for hydroxylation is 1. The Balaban J connectivity index is 1.79. The van der Waals surface area contributed by atoms with Crippen molar-refractivity contribution in [2.45, 2.75) is 13.5 Å². The number of nitrogens with one attached hydrogen (secondary N) is 1. The molecule has 0 atom stereocenters. The maximum Gasteiger partial charge on any atom is 0.269 e. The van der Waals surface area contributed by atoms with Gasteiger partial charge in [0.1, 0.15) is 28.6 Å². The average molecular weight is 505 g/mol. The zero-order valence-corrected chi connectivity index (χ0v) is 20.0. The van der Waals surface area contributed by atoms with Crippen molar-refractivity contribution in [2.75, 3.05) is 0 Å². The zero-order valence-electron chi connectivity index (χ0n) is 18.5. The summed E-state index contributed by atoms with van der Waals surface area (Å²) in [6.07, 6.45) is 2.72. The summed E-state index contributed by atoms with van der Waals surface area (Å²) < 4.78 is 7.22. The van der Waals surface area contributed by atoms with Gasteiger partial charge in [-0.2, -0.15) is 10.2 Å². The van der Waals surface area contributed by atoms with Crippen LogP contribution in [0, 0.1) is 18.3 Å². The van der Waals surface area contributed by atoms with Crippen molar-refractivity contribution in [3.05, 3.63) is 110 Å². The lowest BCUT2D eigenvalue weighted by Gasteiger charge is -2.12. The highest BCUT2D eigenvalue weighted by atomic mass is 35.5. The van der Waals surface area contributed by atoms with E-state index in [4.69, 9.17) is 27.9 Å². The summed E-state index contributed by atoms with van der Waals surface area (Å²) in [5, 5.41) is 13.0. The largest absolute Gasteiger partial charge is 0.437 e. The molecule has 2 heterocycles. The molecule has 2 aromatic heterocycles. The normalized spacial score (nSPS) is 11.2. The lowest BCUT2D eigenvalue weighted by atomic mass is 10.1. The molecule has 0 unspecified atom stereocenters. The molecule has 0 saturated heterocycles. The van der Waals surface area contributed by atoms with E-state index >= 15 is 0 Å². The van der Waals surface area contributed by atoms with Crippen LogP contribution in [0.1, 0.15) is 16.7 Å². The highest BCUT2D eigenvalue weighted by Gasteiger charge is 2.19. The van der Waals surface area contributed by atoms with E-state index in [9.17, 15) is 14.9 Å². The highest BCUT2D eigenvalue weighted by Crippen LogP contribution is 2.32. The first kappa shape index (κ1) is 24.0. The second-order valence-electron chi connectivity index (χ2n) is 7.54. The molecule has 0 bridgehead atoms. The molecule has 35 heavy (non-hydrogen) atoms. The smallest absolute Gasteiger partial charge is 0.269 e. The van der Waals surface area contributed by atoms with Crippen LogP contribution in [0.2, 0.25) is 10.0 Å². The number of hydrogen-bond donors (Lipinski definition) is 1. The molecular weight excluding hydrogens is 487 g/mol. The first-order valence-corrected chi connectivity index (χ1v) is 11.2. The fourth-order valence-corrected chi connectivity index (χ4v) is 3.77. The number of hydrogen-bond acceptors (Lipinski definition) is 5. The first-order valence-electron chi connectivity index (χ1n) is 10.5. The number of nitrogens with zero attached hydrogens (tertiary/aromatic N) is 3. The van der Waals surface area contributed by atoms with Crippen LogP contribution in [0.4, 0.5) is 0 Å². The van der Waals surface area contributed by atoms with Gasteiger partial charge in [-0.05, 0) is 48.4 Å². The molecule has 0 radical (unpaired) electrons. The Hall–Kier alpha value is -4.12. The van der Waals surface area contributed by atoms with Crippen molar-refractivity contribution in [3.8, 4) is 17.7 Å². The van der Waals surface area contributed by atoms with E-state index in [1.807, 2.05) is 36.4 Å². The SMILES string of the molecule is Cc1cccn2c(=O)c(C=C(C#N)C(=O)NCc3ccccc3)c(Oc3ccc(Cl)cc3Cl)nc12. The topological polar surface area (TPSA) is 96.5 Å². The molecule has 174 valence electrons. The minimum atomic E-state index is -0.638. The molecule has 0 saturated carbocycles. The molecule has 0 aliphatic carbocycles. The van der Waals surface area contributed by atoms with Crippen LogP contribution < -0.4 is 15.6 Å². The summed E-state index contributed by atoms with van der Waals surface area (Å²) in [5.74, 6) is -0.528. The van der Waals surface area contributed by atoms with Crippen molar-refractivity contribution in [2.24, 2.45) is 0 Å². The lowest BCUT2D eigenvalue weighted by Crippen LogP contribution is -2.25. The molecule has 1 N–H and O–H groups in total. The fraction of sp³-hybridized carbons (Fsp3) is 0.0769. The number of amides is 1. The van der Waals surface area contributed by atoms with Crippen LogP contribution in [0.15, 0.2) is 77.2 Å². The number of benzene rings is 2. The fourth-order valence-electron chi connectivity index (χ4n) is 3.32. The maximum atomic E-state index is 13.4. The average Bonchev–Trinajstić information content (AvgIpc) is 2.85. The van der Waals surface area contributed by atoms with E-state index in [0.29, 0.717) is 10.7 Å². The standard InChI is InChI=1S/C26H18Cl2N4O3/c1-16-6-5-11-32-23(16)31-25(35-22-10-9-19(27)13-21(22)28)20(26(32)34)12-18(14-29)24(33)30-15-17-7-3-2-4-8-17/h2-13H,15H2,1H3,(H,30,33). The summed E-state index contributed by atoms with van der Waals surface area (Å²) >= 11 is 12.2. The lowest BCUT2D eigenvalue weighted by molar-refractivity contribution is -0.117. The highest BCUT2D eigenvalue weighted by molar-refractivity contribution is 6.35. The number of pyridine rings is 1. The Kier molecular flexibility index (Phi) is 7.16. The van der Waals surface area contributed by atoms with E-state index < -0.39 is 11.5 Å². The monoisotopic (exact) mass is 504 g/mol. The van der Waals surface area contributed by atoms with Crippen molar-refractivity contribution < 1.29 is 9.53 Å². The molecule has 9 heteroatoms. The van der Waals surface area contributed by atoms with Crippen LogP contribution in [-0.4, -0.2) is 15.3 Å². The third-order valence-electron chi connectivity index (χ3n) is 5.10. The number of ether oxygens (including phenoxy) is 1. The Labute approximate surface area is 210 Å². The number of aromatic nitrogens is 2. The van der Waals surface area contributed by atoms with Gasteiger partial charge < -0.3 is 10.1 Å². The van der Waals surface area contributed by atoms with Crippen LogP contribution >= 0.6 is 23.2 Å². The van der Waals surface area contributed by atoms with E-state index in [2.05, 4.69) is 10.3 Å². The Morgan fingerprint density at radius 3 is 2.66 bits per heavy atom. The van der Waals surface area contributed by atoms with Crippen molar-refractivity contribution in [3.63, 3.8) is 0 Å². The Morgan fingerprint density at radius 1 is 1.17 bits per heavy atom. The van der Waals surface area contributed by atoms with Crippen LogP contribution in [0.3, 0.4) is 0 Å². The van der Waals surface area contributed by atoms with Gasteiger partial charge in [-0.1, -0.05) is 59.6 Å². The van der Waals surface area contributed by atoms with Gasteiger partial charge in [0.15, 0.2) is 0 Å². The quantitative estimate of drug-likeness (QED) is 0.283. The van der Waals surface area contributed by atoms with Gasteiger partial charge in [-0.25, -0.2) is 0 Å². The van der Waals surface area contributed by atoms with Gasteiger partial charge in [0, 0.05) is 17.8 Å². The second-order valence-corrected chi connectivity index (χ2v) is 8.38. The molecule has 4 aromatic rings. The molecule has 0 aliphatic rings. The summed E-state index contributed by atoms with van der Waals surface area (Å²) in [7, 11) is 0. The van der Waals surface area contributed by atoms with E-state index in [0.717, 1.165) is 11.1 Å². The summed E-state index contributed by atoms with van der Waals surface area (Å²) in [6, 6.07) is 19.2. The van der Waals surface area contributed by atoms with Gasteiger partial charge in [0.25, 0.3) is 11.5 Å². The molecule has 4 rings (SSSR count). The van der Waals surface area contributed by atoms with E-state index in [-0.39, 0.29) is 34.3 Å². The molecule has 0 fully saturated rings. The van der Waals surface area contributed by atoms with Gasteiger partial charge in [0.2, 0.25) is 5.88 Å². The van der Waals surface area contributed by atoms with E-state index in [1.54, 1.807) is 31.3 Å². The molecule has 2 aromatic carbocycles. The zero-order chi connectivity index (χ0) is 24.9. The molecule has 7 nitrogen and oxygen atoms in total. The van der Waals surface area contributed by atoms with Gasteiger partial charge in [-0.3, -0.25) is 14.0 Å². The number of carbonyl (C=O) groups is 1. The number of fused-ring (bicyclic) bond motifs is 1. The van der Waals surface area contributed by atoms with Crippen LogP contribution in [0.5, 0.6) is 11.6 Å². The van der Waals surface area contributed by atoms with E-state index in [1.165, 1.54) is 22.6 Å². The van der Waals surface area contributed by atoms with Crippen LogP contribution in [0.25, 0.3) is 11.7 Å². The first-order chi connectivity index (χ1) is 16.9. The van der Waals surface area contributed by atoms with Gasteiger partial charge in [0.05, 0.1) is 5.02 Å². The Bertz CT molecular complexity index is 1560. The summed E-state index contributed by atoms with van der Waals surface area (Å²) in [5.41, 5.74) is 1.09. The van der Waals surface area contributed by atoms with Crippen molar-refractivity contribution in [1.29, 1.82) is 5.26 Å². The maximum absolute atomic E-state index is 13.4. The molecular formula is C26H18Cl2N4O3. The number of rotatable bonds is 6. The minimum Gasteiger partial charge on any atom is -0.437 e. The Morgan fingerprint density at radius 2 is 1.94 bits per heavy atom. The van der Waals surface area contributed by atoms with Gasteiger partial charge >= 0.3 is 0 Å². The summed E-state index contributed by atoms with van der Waals surface area (Å²) in [6.45, 7) is 2.02. The third kappa shape index (κ3) is 5.35. The molecule has 0 aliphatic heterocycles. The predicted octanol–water partition coefficient (Wildman–Crippen LogP) is 5.33. The van der Waals surface area contributed by atoms with Gasteiger partial charge in [-0.15, -0.1) is 0 Å². The second kappa shape index (κ2) is 10.4. The third-order valence-corrected chi connectivity index (χ3v) is 5.63. The van der Waals surface area contributed by atoms with Crippen molar-refractivity contribution in [1.82, 2.24) is 14.7 Å². The molecule has 1 amide bonds. The predicted molar refractivity (Wildman–Crippen MR) is 135 cm³/mol. The molecule has 0 spiro atoms. The number of carbonyl (C=O) groups excluding carboxylic acids is 1. The minimum absolute atomic E-state index is 0.0782. The van der Waals surface area contributed by atoms with Crippen LogP contribution in [-0.2, 0) is 11.3 Å². The van der Waals surface area contributed by atoms with Crippen molar-refractivity contribution >= 4 is 40.8 Å². The number of nitriles is 1.